The van der Waals surface area contributed by atoms with Gasteiger partial charge in [-0.1, -0.05) is 45.0 Å². The van der Waals surface area contributed by atoms with Gasteiger partial charge >= 0.3 is 11.8 Å². The van der Waals surface area contributed by atoms with E-state index in [9.17, 15) is 33.2 Å². The standard InChI is InChI=1S/C28H29F2N5O4/c1-27(2,3)13-21(34(4)25(38)23(36)33-22-18(29)9-7-10-19(22)30)24(37)35-15-28(12-16(35)14-31)17-8-5-6-11-20(17)32-26(28)39/h5-11,16,21H,12-13,15H2,1-4H3,(H,32,39)(H,33,36)/t16-,21-,28-/m0/s1. The maximum atomic E-state index is 14.0. The highest BCUT2D eigenvalue weighted by Crippen LogP contribution is 2.46. The Hall–Kier alpha value is -4.33. The van der Waals surface area contributed by atoms with Gasteiger partial charge in [0.15, 0.2) is 0 Å². The number of likely N-dealkylation sites (N-methyl/N-ethyl adjacent to an activating group) is 1. The van der Waals surface area contributed by atoms with E-state index in [2.05, 4.69) is 11.4 Å². The molecule has 0 bridgehead atoms. The molecule has 3 atom stereocenters. The zero-order valence-electron chi connectivity index (χ0n) is 22.0. The molecule has 2 heterocycles. The molecule has 11 heteroatoms. The van der Waals surface area contributed by atoms with Crippen molar-refractivity contribution in [2.24, 2.45) is 5.41 Å². The second-order valence-electron chi connectivity index (χ2n) is 11.1. The largest absolute Gasteiger partial charge is 0.325 e. The van der Waals surface area contributed by atoms with Gasteiger partial charge in [-0.2, -0.15) is 5.26 Å². The van der Waals surface area contributed by atoms with E-state index in [1.54, 1.807) is 24.3 Å². The summed E-state index contributed by atoms with van der Waals surface area (Å²) in [6.07, 6.45) is 0.185. The van der Waals surface area contributed by atoms with Crippen LogP contribution in [0.4, 0.5) is 20.2 Å². The van der Waals surface area contributed by atoms with Crippen molar-refractivity contribution < 1.29 is 28.0 Å². The van der Waals surface area contributed by atoms with Crippen LogP contribution in [-0.4, -0.2) is 59.1 Å². The van der Waals surface area contributed by atoms with Crippen LogP contribution >= 0.6 is 0 Å². The van der Waals surface area contributed by atoms with E-state index >= 15 is 0 Å². The molecule has 0 aliphatic carbocycles. The average molecular weight is 538 g/mol. The van der Waals surface area contributed by atoms with Gasteiger partial charge in [0.05, 0.1) is 11.5 Å². The summed E-state index contributed by atoms with van der Waals surface area (Å²) in [5, 5.41) is 14.7. The number of halogens is 2. The van der Waals surface area contributed by atoms with Gasteiger partial charge < -0.3 is 20.4 Å². The quantitative estimate of drug-likeness (QED) is 0.580. The third kappa shape index (κ3) is 5.06. The molecule has 1 spiro atoms. The number of amides is 4. The molecule has 1 fully saturated rings. The zero-order chi connectivity index (χ0) is 28.7. The highest BCUT2D eigenvalue weighted by molar-refractivity contribution is 6.39. The van der Waals surface area contributed by atoms with Crippen molar-refractivity contribution in [3.05, 3.63) is 59.7 Å². The molecule has 4 amide bonds. The Kier molecular flexibility index (Phi) is 7.17. The van der Waals surface area contributed by atoms with Gasteiger partial charge in [0, 0.05) is 25.7 Å². The maximum absolute atomic E-state index is 14.0. The van der Waals surface area contributed by atoms with Crippen LogP contribution in [0.25, 0.3) is 0 Å². The predicted molar refractivity (Wildman–Crippen MR) is 138 cm³/mol. The lowest BCUT2D eigenvalue weighted by Crippen LogP contribution is -2.54. The first-order valence-corrected chi connectivity index (χ1v) is 12.4. The van der Waals surface area contributed by atoms with Crippen molar-refractivity contribution in [3.63, 3.8) is 0 Å². The molecule has 0 unspecified atom stereocenters. The van der Waals surface area contributed by atoms with Gasteiger partial charge in [0.25, 0.3) is 0 Å². The fourth-order valence-corrected chi connectivity index (χ4v) is 5.23. The van der Waals surface area contributed by atoms with E-state index in [0.29, 0.717) is 11.3 Å². The average Bonchev–Trinajstić information content (AvgIpc) is 3.41. The Bertz CT molecular complexity index is 1380. The monoisotopic (exact) mass is 537 g/mol. The second-order valence-corrected chi connectivity index (χ2v) is 11.1. The third-order valence-corrected chi connectivity index (χ3v) is 7.19. The van der Waals surface area contributed by atoms with Crippen LogP contribution in [0, 0.1) is 28.4 Å². The lowest BCUT2D eigenvalue weighted by molar-refractivity contribution is -0.150. The Balaban J connectivity index is 1.63. The van der Waals surface area contributed by atoms with Gasteiger partial charge in [-0.25, -0.2) is 8.78 Å². The number of nitrogens with one attached hydrogen (secondary N) is 2. The summed E-state index contributed by atoms with van der Waals surface area (Å²) in [6.45, 7) is 5.44. The Labute approximate surface area is 224 Å². The number of fused-ring (bicyclic) bond motifs is 2. The number of para-hydroxylation sites is 2. The molecule has 2 aromatic carbocycles. The molecule has 2 aromatic rings. The Morgan fingerprint density at radius 3 is 2.44 bits per heavy atom. The smallest absolute Gasteiger partial charge is 0.314 e. The number of rotatable bonds is 4. The van der Waals surface area contributed by atoms with Crippen LogP contribution in [-0.2, 0) is 24.6 Å². The predicted octanol–water partition coefficient (Wildman–Crippen LogP) is 3.18. The maximum Gasteiger partial charge on any atom is 0.314 e. The molecule has 9 nitrogen and oxygen atoms in total. The fraction of sp³-hybridized carbons (Fsp3) is 0.393. The number of likely N-dealkylation sites (tertiary alicyclic amines) is 1. The van der Waals surface area contributed by atoms with Crippen LogP contribution in [0.1, 0.15) is 39.2 Å². The summed E-state index contributed by atoms with van der Waals surface area (Å²) in [4.78, 5) is 55.1. The lowest BCUT2D eigenvalue weighted by atomic mass is 9.80. The number of hydrogen-bond acceptors (Lipinski definition) is 5. The minimum Gasteiger partial charge on any atom is -0.325 e. The molecular weight excluding hydrogens is 508 g/mol. The van der Waals surface area contributed by atoms with Crippen LogP contribution in [0.3, 0.4) is 0 Å². The second kappa shape index (κ2) is 10.1. The molecule has 4 rings (SSSR count). The fourth-order valence-electron chi connectivity index (χ4n) is 5.23. The molecule has 0 radical (unpaired) electrons. The van der Waals surface area contributed by atoms with Crippen LogP contribution in [0.15, 0.2) is 42.5 Å². The van der Waals surface area contributed by atoms with E-state index in [1.807, 2.05) is 26.1 Å². The molecular formula is C28H29F2N5O4. The number of carbonyl (C=O) groups is 4. The first-order valence-electron chi connectivity index (χ1n) is 12.4. The minimum absolute atomic E-state index is 0.0744. The van der Waals surface area contributed by atoms with Crippen molar-refractivity contribution in [1.82, 2.24) is 9.80 Å². The van der Waals surface area contributed by atoms with Crippen molar-refractivity contribution in [3.8, 4) is 6.07 Å². The molecule has 39 heavy (non-hydrogen) atoms. The number of hydrogen-bond donors (Lipinski definition) is 2. The SMILES string of the molecule is CN(C(=O)C(=O)Nc1c(F)cccc1F)[C@@H](CC(C)(C)C)C(=O)N1C[C@]2(C[C@H]1C#N)C(=O)Nc1ccccc12. The van der Waals surface area contributed by atoms with E-state index in [4.69, 9.17) is 0 Å². The zero-order valence-corrected chi connectivity index (χ0v) is 22.0. The molecule has 2 aliphatic rings. The van der Waals surface area contributed by atoms with Crippen LogP contribution < -0.4 is 10.6 Å². The Morgan fingerprint density at radius 1 is 1.18 bits per heavy atom. The first kappa shape index (κ1) is 27.7. The van der Waals surface area contributed by atoms with E-state index in [1.165, 1.54) is 11.9 Å². The summed E-state index contributed by atoms with van der Waals surface area (Å²) >= 11 is 0. The molecule has 2 aliphatic heterocycles. The van der Waals surface area contributed by atoms with Gasteiger partial charge in [0.2, 0.25) is 11.8 Å². The summed E-state index contributed by atoms with van der Waals surface area (Å²) in [6, 6.07) is 10.0. The normalized spacial score (nSPS) is 20.7. The number of nitriles is 1. The molecule has 0 saturated carbocycles. The molecule has 0 aromatic heterocycles. The first-order chi connectivity index (χ1) is 18.3. The topological polar surface area (TPSA) is 123 Å². The van der Waals surface area contributed by atoms with Crippen molar-refractivity contribution in [2.45, 2.75) is 51.1 Å². The summed E-state index contributed by atoms with van der Waals surface area (Å²) in [7, 11) is 1.25. The number of carbonyl (C=O) groups excluding carboxylic acids is 4. The number of nitrogens with zero attached hydrogens (tertiary/aromatic N) is 3. The van der Waals surface area contributed by atoms with Crippen LogP contribution in [0.5, 0.6) is 0 Å². The lowest BCUT2D eigenvalue weighted by Gasteiger charge is -2.35. The van der Waals surface area contributed by atoms with Gasteiger partial charge in [-0.15, -0.1) is 0 Å². The summed E-state index contributed by atoms with van der Waals surface area (Å²) < 4.78 is 28.1. The molecule has 1 saturated heterocycles. The van der Waals surface area contributed by atoms with Crippen molar-refractivity contribution >= 4 is 35.0 Å². The van der Waals surface area contributed by atoms with Crippen LogP contribution in [0.2, 0.25) is 0 Å². The molecule has 204 valence electrons. The number of anilines is 2. The third-order valence-electron chi connectivity index (χ3n) is 7.19. The molecule has 2 N–H and O–H groups in total. The summed E-state index contributed by atoms with van der Waals surface area (Å²) in [5.74, 6) is -5.56. The van der Waals surface area contributed by atoms with Crippen molar-refractivity contribution in [1.29, 1.82) is 5.26 Å². The summed E-state index contributed by atoms with van der Waals surface area (Å²) in [5.41, 5.74) is -1.10. The Morgan fingerprint density at radius 2 is 1.82 bits per heavy atom. The van der Waals surface area contributed by atoms with E-state index in [-0.39, 0.29) is 25.3 Å². The van der Waals surface area contributed by atoms with E-state index < -0.39 is 58.0 Å². The van der Waals surface area contributed by atoms with Gasteiger partial charge in [-0.3, -0.25) is 19.2 Å². The van der Waals surface area contributed by atoms with E-state index in [0.717, 1.165) is 23.1 Å². The van der Waals surface area contributed by atoms with Crippen molar-refractivity contribution in [2.75, 3.05) is 24.2 Å². The highest BCUT2D eigenvalue weighted by Gasteiger charge is 2.57. The minimum atomic E-state index is -1.33. The number of benzene rings is 2. The highest BCUT2D eigenvalue weighted by atomic mass is 19.1. The van der Waals surface area contributed by atoms with Gasteiger partial charge in [-0.05, 0) is 35.6 Å². The van der Waals surface area contributed by atoms with Gasteiger partial charge in [0.1, 0.15) is 29.4 Å².